The quantitative estimate of drug-likeness (QED) is 0.241. The Labute approximate surface area is 134 Å². The predicted molar refractivity (Wildman–Crippen MR) is 70.0 cm³/mol. The van der Waals surface area contributed by atoms with Crippen LogP contribution in [0.3, 0.4) is 0 Å². The zero-order valence-corrected chi connectivity index (χ0v) is 14.2. The van der Waals surface area contributed by atoms with E-state index in [0.29, 0.717) is 0 Å². The van der Waals surface area contributed by atoms with E-state index in [1.807, 2.05) is 0 Å². The fourth-order valence-electron chi connectivity index (χ4n) is 2.53. The van der Waals surface area contributed by atoms with Crippen LogP contribution >= 0.6 is 23.5 Å². The predicted octanol–water partition coefficient (Wildman–Crippen LogP) is -2.19. The van der Waals surface area contributed by atoms with Gasteiger partial charge in [0.25, 0.3) is 0 Å². The van der Waals surface area contributed by atoms with E-state index in [1.165, 1.54) is 0 Å². The summed E-state index contributed by atoms with van der Waals surface area (Å²) in [5.74, 6) is -1.34. The van der Waals surface area contributed by atoms with Gasteiger partial charge >= 0.3 is 23.5 Å². The molecule has 1 saturated heterocycles. The first-order valence-corrected chi connectivity index (χ1v) is 10.8. The summed E-state index contributed by atoms with van der Waals surface area (Å²) in [5.41, 5.74) is 0. The van der Waals surface area contributed by atoms with Crippen molar-refractivity contribution < 1.29 is 66.5 Å². The molecule has 0 bridgehead atoms. The van der Waals surface area contributed by atoms with Crippen molar-refractivity contribution in [3.63, 3.8) is 0 Å². The largest absolute Gasteiger partial charge is 0.472 e. The third kappa shape index (κ3) is 4.91. The van der Waals surface area contributed by atoms with Crippen molar-refractivity contribution in [3.05, 3.63) is 0 Å². The normalized spacial score (nSPS) is 44.1. The summed E-state index contributed by atoms with van der Waals surface area (Å²) in [5, 5.41) is 20.1. The zero-order valence-electron chi connectivity index (χ0n) is 11.5. The molecule has 24 heavy (non-hydrogen) atoms. The van der Waals surface area contributed by atoms with Crippen molar-refractivity contribution in [2.75, 3.05) is 6.61 Å². The second-order valence-corrected chi connectivity index (χ2v) is 8.89. The fourth-order valence-corrected chi connectivity index (χ4v) is 4.66. The number of hydrogen-bond donors (Lipinski definition) is 7. The van der Waals surface area contributed by atoms with Crippen molar-refractivity contribution >= 4 is 23.5 Å². The highest BCUT2D eigenvalue weighted by Crippen LogP contribution is 2.55. The van der Waals surface area contributed by atoms with Gasteiger partial charge < -0.3 is 34.7 Å². The second-order valence-electron chi connectivity index (χ2n) is 5.10. The number of phosphoric ester groups is 3. The van der Waals surface area contributed by atoms with Crippen molar-refractivity contribution in [1.29, 1.82) is 0 Å². The van der Waals surface area contributed by atoms with Gasteiger partial charge in [0.1, 0.15) is 24.4 Å². The Morgan fingerprint density at radius 2 is 1.46 bits per heavy atom. The van der Waals surface area contributed by atoms with E-state index in [4.69, 9.17) is 19.6 Å². The van der Waals surface area contributed by atoms with Crippen LogP contribution in [0.4, 0.5) is 0 Å². The second kappa shape index (κ2) is 6.76. The Balaban J connectivity index is 2.37. The highest BCUT2D eigenvalue weighted by molar-refractivity contribution is 7.47. The summed E-state index contributed by atoms with van der Waals surface area (Å²) in [6, 6.07) is 0. The van der Waals surface area contributed by atoms with Crippen LogP contribution < -0.4 is 0 Å². The minimum absolute atomic E-state index is 0.686. The van der Waals surface area contributed by atoms with Crippen LogP contribution in [-0.4, -0.2) is 71.8 Å². The van der Waals surface area contributed by atoms with Gasteiger partial charge in [-0.3, -0.25) is 18.1 Å². The Hall–Kier alpha value is 0.250. The van der Waals surface area contributed by atoms with Crippen LogP contribution in [0.25, 0.3) is 0 Å². The van der Waals surface area contributed by atoms with Crippen LogP contribution in [0.2, 0.25) is 0 Å². The molecule has 1 saturated carbocycles. The van der Waals surface area contributed by atoms with Gasteiger partial charge in [0.05, 0.1) is 12.7 Å². The molecule has 2 rings (SSSR count). The van der Waals surface area contributed by atoms with Crippen LogP contribution in [0.15, 0.2) is 0 Å². The summed E-state index contributed by atoms with van der Waals surface area (Å²) in [6.45, 7) is -0.686. The van der Waals surface area contributed by atoms with Crippen LogP contribution in [0.1, 0.15) is 0 Å². The van der Waals surface area contributed by atoms with E-state index in [0.717, 1.165) is 0 Å². The zero-order chi connectivity index (χ0) is 18.5. The van der Waals surface area contributed by atoms with Crippen molar-refractivity contribution in [2.24, 2.45) is 5.92 Å². The Morgan fingerprint density at radius 3 is 1.96 bits per heavy atom. The molecular formula is C7H15O14P3. The number of rotatable bonds is 4. The van der Waals surface area contributed by atoms with Gasteiger partial charge in [-0.25, -0.2) is 13.7 Å². The molecular weight excluding hydrogens is 401 g/mol. The van der Waals surface area contributed by atoms with E-state index < -0.39 is 66.5 Å². The molecule has 17 heteroatoms. The average Bonchev–Trinajstić information content (AvgIpc) is 2.36. The Morgan fingerprint density at radius 1 is 0.958 bits per heavy atom. The maximum atomic E-state index is 11.5. The summed E-state index contributed by atoms with van der Waals surface area (Å²) < 4.78 is 51.1. The molecule has 0 aromatic heterocycles. The van der Waals surface area contributed by atoms with E-state index in [1.54, 1.807) is 0 Å². The van der Waals surface area contributed by atoms with Gasteiger partial charge in [0.2, 0.25) is 0 Å². The number of fused-ring (bicyclic) bond motifs is 1. The lowest BCUT2D eigenvalue weighted by Crippen LogP contribution is -2.64. The summed E-state index contributed by atoms with van der Waals surface area (Å²) >= 11 is 0. The lowest BCUT2D eigenvalue weighted by molar-refractivity contribution is -0.209. The fraction of sp³-hybridized carbons (Fsp3) is 1.00. The molecule has 1 aliphatic heterocycles. The standard InChI is InChI=1S/C7H15O14P3/c8-3-2-1-18-24(16,17)21-5(2)7(20-23(13,14)15)4(9)6(3)19-22(10,11)12/h2-9H,1H2,(H,16,17)(H2,10,11,12)(H2,13,14,15)/t2-,3-,4-,5+,6+,7+/m0/s1. The summed E-state index contributed by atoms with van der Waals surface area (Å²) in [6.07, 6.45) is -9.87. The summed E-state index contributed by atoms with van der Waals surface area (Å²) in [4.78, 5) is 44.7. The maximum Gasteiger partial charge on any atom is 0.472 e. The SMILES string of the molecule is O=P(O)(O)O[C@@H]1[C@@H](O)[C@@H]2COP(=O)(O)O[C@H]2[C@H](OP(=O)(O)O)[C@H]1O. The first-order valence-electron chi connectivity index (χ1n) is 6.20. The maximum absolute atomic E-state index is 11.5. The molecule has 7 atom stereocenters. The highest BCUT2D eigenvalue weighted by Gasteiger charge is 2.58. The smallest absolute Gasteiger partial charge is 0.390 e. The van der Waals surface area contributed by atoms with Gasteiger partial charge in [-0.2, -0.15) is 0 Å². The molecule has 0 radical (unpaired) electrons. The van der Waals surface area contributed by atoms with Gasteiger partial charge in [0, 0.05) is 5.92 Å². The van der Waals surface area contributed by atoms with Gasteiger partial charge in [-0.1, -0.05) is 0 Å². The van der Waals surface area contributed by atoms with E-state index >= 15 is 0 Å². The van der Waals surface area contributed by atoms with Crippen LogP contribution in [0, 0.1) is 5.92 Å². The minimum atomic E-state index is -5.26. The molecule has 0 spiro atoms. The minimum Gasteiger partial charge on any atom is -0.390 e. The molecule has 2 fully saturated rings. The average molecular weight is 416 g/mol. The van der Waals surface area contributed by atoms with E-state index in [-0.39, 0.29) is 0 Å². The number of aliphatic hydroxyl groups is 2. The Kier molecular flexibility index (Phi) is 5.80. The van der Waals surface area contributed by atoms with Gasteiger partial charge in [-0.05, 0) is 0 Å². The first kappa shape index (κ1) is 20.6. The van der Waals surface area contributed by atoms with Crippen molar-refractivity contribution in [1.82, 2.24) is 0 Å². The van der Waals surface area contributed by atoms with E-state index in [2.05, 4.69) is 18.1 Å². The molecule has 142 valence electrons. The molecule has 1 heterocycles. The monoisotopic (exact) mass is 416 g/mol. The summed E-state index contributed by atoms with van der Waals surface area (Å²) in [7, 11) is -15.1. The third-order valence-electron chi connectivity index (χ3n) is 3.40. The third-order valence-corrected chi connectivity index (χ3v) is 5.42. The lowest BCUT2D eigenvalue weighted by Gasteiger charge is -2.48. The number of hydrogen-bond acceptors (Lipinski definition) is 9. The van der Waals surface area contributed by atoms with Crippen molar-refractivity contribution in [3.8, 4) is 0 Å². The molecule has 7 N–H and O–H groups in total. The molecule has 14 nitrogen and oxygen atoms in total. The lowest BCUT2D eigenvalue weighted by atomic mass is 9.79. The molecule has 2 aliphatic rings. The molecule has 0 amide bonds. The molecule has 1 aliphatic carbocycles. The molecule has 1 unspecified atom stereocenters. The van der Waals surface area contributed by atoms with Crippen LogP contribution in [-0.2, 0) is 31.8 Å². The van der Waals surface area contributed by atoms with Gasteiger partial charge in [0.15, 0.2) is 0 Å². The number of aliphatic hydroxyl groups excluding tert-OH is 2. The topological polar surface area (TPSA) is 230 Å². The highest BCUT2D eigenvalue weighted by atomic mass is 31.2. The van der Waals surface area contributed by atoms with Crippen molar-refractivity contribution in [2.45, 2.75) is 30.5 Å². The molecule has 0 aromatic rings. The molecule has 0 aromatic carbocycles. The number of phosphoric acid groups is 3. The van der Waals surface area contributed by atoms with E-state index in [9.17, 15) is 28.8 Å². The van der Waals surface area contributed by atoms with Crippen LogP contribution in [0.5, 0.6) is 0 Å². The Bertz CT molecular complexity index is 609. The first-order chi connectivity index (χ1) is 10.7. The van der Waals surface area contributed by atoms with Gasteiger partial charge in [-0.15, -0.1) is 0 Å².